The molecule has 25 heavy (non-hydrogen) atoms. The van der Waals surface area contributed by atoms with E-state index >= 15 is 0 Å². The van der Waals surface area contributed by atoms with Crippen molar-refractivity contribution in [2.24, 2.45) is 0 Å². The summed E-state index contributed by atoms with van der Waals surface area (Å²) in [7, 11) is 0. The topological polar surface area (TPSA) is 57.8 Å². The summed E-state index contributed by atoms with van der Waals surface area (Å²) in [6.45, 7) is 2.00. The lowest BCUT2D eigenvalue weighted by Gasteiger charge is -2.05. The molecule has 0 radical (unpaired) electrons. The van der Waals surface area contributed by atoms with E-state index in [0.29, 0.717) is 27.7 Å². The first-order valence-corrected chi connectivity index (χ1v) is 8.18. The van der Waals surface area contributed by atoms with Gasteiger partial charge in [-0.15, -0.1) is 0 Å². The fourth-order valence-electron chi connectivity index (χ4n) is 2.95. The van der Waals surface area contributed by atoms with Crippen LogP contribution in [0.25, 0.3) is 28.2 Å². The Kier molecular flexibility index (Phi) is 3.62. The summed E-state index contributed by atoms with van der Waals surface area (Å²) in [6.07, 6.45) is 1.91. The van der Waals surface area contributed by atoms with Crippen molar-refractivity contribution in [2.45, 2.75) is 6.92 Å². The lowest BCUT2D eigenvalue weighted by atomic mass is 10.1. The first kappa shape index (κ1) is 15.5. The fraction of sp³-hybridized carbons (Fsp3) is 0.0500. The van der Waals surface area contributed by atoms with Crippen molar-refractivity contribution in [2.75, 3.05) is 0 Å². The molecule has 0 unspecified atom stereocenters. The summed E-state index contributed by atoms with van der Waals surface area (Å²) in [6, 6.07) is 16.0. The van der Waals surface area contributed by atoms with Crippen LogP contribution in [0.4, 0.5) is 0 Å². The van der Waals surface area contributed by atoms with Gasteiger partial charge in [0.2, 0.25) is 0 Å². The van der Waals surface area contributed by atoms with E-state index in [0.717, 1.165) is 11.1 Å². The highest BCUT2D eigenvalue weighted by molar-refractivity contribution is 6.30. The lowest BCUT2D eigenvalue weighted by molar-refractivity contribution is 0.477. The minimum atomic E-state index is 0.0591. The van der Waals surface area contributed by atoms with Crippen LogP contribution in [-0.4, -0.2) is 19.6 Å². The zero-order chi connectivity index (χ0) is 17.6. The number of fused-ring (bicyclic) bond motifs is 1. The smallest absolute Gasteiger partial charge is 0.149 e. The summed E-state index contributed by atoms with van der Waals surface area (Å²) in [5.74, 6) is 0.808. The van der Waals surface area contributed by atoms with Gasteiger partial charge in [-0.3, -0.25) is 4.40 Å². The number of aromatic hydroxyl groups is 2. The molecule has 5 heteroatoms. The Morgan fingerprint density at radius 3 is 2.48 bits per heavy atom. The highest BCUT2D eigenvalue weighted by atomic mass is 35.5. The number of phenols is 2. The molecule has 124 valence electrons. The minimum absolute atomic E-state index is 0.0591. The van der Waals surface area contributed by atoms with E-state index in [-0.39, 0.29) is 11.5 Å². The number of hydrogen-bond donors (Lipinski definition) is 2. The number of aryl methyl sites for hydroxylation is 1. The van der Waals surface area contributed by atoms with Gasteiger partial charge < -0.3 is 10.2 Å². The fourth-order valence-corrected chi connectivity index (χ4v) is 3.11. The van der Waals surface area contributed by atoms with Gasteiger partial charge in [0.15, 0.2) is 0 Å². The molecular formula is C20H15ClN2O2. The molecule has 0 bridgehead atoms. The number of nitrogens with zero attached hydrogens (tertiary/aromatic N) is 2. The standard InChI is InChI=1S/C20H15ClN2O2/c1-12-8-9-23-16(10-12)19(14-4-2-3-5-17(14)24)22-20(23)15-7-6-13(21)11-18(15)25/h2-11,24-25H,1H3. The average Bonchev–Trinajstić information content (AvgIpc) is 2.93. The number of aromatic nitrogens is 2. The van der Waals surface area contributed by atoms with Crippen LogP contribution in [0.5, 0.6) is 11.5 Å². The van der Waals surface area contributed by atoms with Gasteiger partial charge in [0.05, 0.1) is 11.1 Å². The van der Waals surface area contributed by atoms with Gasteiger partial charge in [0.1, 0.15) is 23.0 Å². The van der Waals surface area contributed by atoms with Crippen LogP contribution in [-0.2, 0) is 0 Å². The van der Waals surface area contributed by atoms with Crippen molar-refractivity contribution < 1.29 is 10.2 Å². The molecule has 0 aliphatic carbocycles. The van der Waals surface area contributed by atoms with Gasteiger partial charge in [0.25, 0.3) is 0 Å². The van der Waals surface area contributed by atoms with Crippen molar-refractivity contribution in [3.05, 3.63) is 71.4 Å². The zero-order valence-electron chi connectivity index (χ0n) is 13.4. The molecule has 0 saturated heterocycles. The number of phenolic OH excluding ortho intramolecular Hbond substituents is 2. The number of para-hydroxylation sites is 1. The van der Waals surface area contributed by atoms with Crippen LogP contribution in [0.2, 0.25) is 5.02 Å². The Labute approximate surface area is 149 Å². The lowest BCUT2D eigenvalue weighted by Crippen LogP contribution is -1.90. The maximum Gasteiger partial charge on any atom is 0.149 e. The quantitative estimate of drug-likeness (QED) is 0.532. The van der Waals surface area contributed by atoms with E-state index < -0.39 is 0 Å². The first-order valence-electron chi connectivity index (χ1n) is 7.80. The number of halogens is 1. The van der Waals surface area contributed by atoms with Crippen LogP contribution in [0, 0.1) is 6.92 Å². The van der Waals surface area contributed by atoms with E-state index in [9.17, 15) is 10.2 Å². The molecule has 4 rings (SSSR count). The number of rotatable bonds is 2. The summed E-state index contributed by atoms with van der Waals surface area (Å²) < 4.78 is 1.90. The molecule has 4 aromatic rings. The van der Waals surface area contributed by atoms with Crippen molar-refractivity contribution in [3.63, 3.8) is 0 Å². The summed E-state index contributed by atoms with van der Waals surface area (Å²) >= 11 is 5.95. The van der Waals surface area contributed by atoms with Crippen LogP contribution in [0.3, 0.4) is 0 Å². The maximum atomic E-state index is 10.3. The van der Waals surface area contributed by atoms with Gasteiger partial charge in [-0.05, 0) is 55.0 Å². The number of hydrogen-bond acceptors (Lipinski definition) is 3. The van der Waals surface area contributed by atoms with Crippen LogP contribution in [0.15, 0.2) is 60.8 Å². The molecule has 0 saturated carbocycles. The van der Waals surface area contributed by atoms with Crippen LogP contribution >= 0.6 is 11.6 Å². The van der Waals surface area contributed by atoms with Gasteiger partial charge >= 0.3 is 0 Å². The van der Waals surface area contributed by atoms with E-state index in [1.54, 1.807) is 24.3 Å². The third-order valence-electron chi connectivity index (χ3n) is 4.16. The predicted molar refractivity (Wildman–Crippen MR) is 99.1 cm³/mol. The van der Waals surface area contributed by atoms with E-state index in [4.69, 9.17) is 16.6 Å². The largest absolute Gasteiger partial charge is 0.507 e. The Morgan fingerprint density at radius 2 is 1.72 bits per heavy atom. The van der Waals surface area contributed by atoms with Crippen molar-refractivity contribution in [3.8, 4) is 34.1 Å². The zero-order valence-corrected chi connectivity index (χ0v) is 14.2. The Morgan fingerprint density at radius 1 is 0.920 bits per heavy atom. The van der Waals surface area contributed by atoms with E-state index in [1.165, 1.54) is 6.07 Å². The Balaban J connectivity index is 2.06. The van der Waals surface area contributed by atoms with Crippen molar-refractivity contribution in [1.82, 2.24) is 9.38 Å². The Hall–Kier alpha value is -2.98. The molecule has 0 amide bonds. The third-order valence-corrected chi connectivity index (χ3v) is 4.39. The summed E-state index contributed by atoms with van der Waals surface area (Å²) in [4.78, 5) is 4.72. The van der Waals surface area contributed by atoms with Gasteiger partial charge in [0, 0.05) is 16.8 Å². The van der Waals surface area contributed by atoms with E-state index in [2.05, 4.69) is 0 Å². The molecule has 0 atom stereocenters. The highest BCUT2D eigenvalue weighted by Crippen LogP contribution is 2.37. The maximum absolute atomic E-state index is 10.3. The summed E-state index contributed by atoms with van der Waals surface area (Å²) in [5.41, 5.74) is 3.81. The molecule has 2 aromatic heterocycles. The number of pyridine rings is 1. The molecular weight excluding hydrogens is 336 g/mol. The summed E-state index contributed by atoms with van der Waals surface area (Å²) in [5, 5.41) is 21.0. The molecule has 4 nitrogen and oxygen atoms in total. The second-order valence-corrected chi connectivity index (χ2v) is 6.36. The van der Waals surface area contributed by atoms with Gasteiger partial charge in [-0.1, -0.05) is 23.7 Å². The predicted octanol–water partition coefficient (Wildman–Crippen LogP) is 5.04. The number of imidazole rings is 1. The SMILES string of the molecule is Cc1ccn2c(-c3ccc(Cl)cc3O)nc(-c3ccccc3O)c2c1. The molecule has 0 fully saturated rings. The molecule has 2 aromatic carbocycles. The molecule has 0 aliphatic heterocycles. The second-order valence-electron chi connectivity index (χ2n) is 5.92. The molecule has 2 N–H and O–H groups in total. The normalized spacial score (nSPS) is 11.1. The monoisotopic (exact) mass is 350 g/mol. The third kappa shape index (κ3) is 2.61. The molecule has 2 heterocycles. The molecule has 0 spiro atoms. The minimum Gasteiger partial charge on any atom is -0.507 e. The van der Waals surface area contributed by atoms with E-state index in [1.807, 2.05) is 41.8 Å². The molecule has 0 aliphatic rings. The highest BCUT2D eigenvalue weighted by Gasteiger charge is 2.18. The van der Waals surface area contributed by atoms with Crippen LogP contribution in [0.1, 0.15) is 5.56 Å². The Bertz CT molecular complexity index is 1100. The van der Waals surface area contributed by atoms with Gasteiger partial charge in [-0.25, -0.2) is 4.98 Å². The second kappa shape index (κ2) is 5.83. The number of benzene rings is 2. The average molecular weight is 351 g/mol. The first-order chi connectivity index (χ1) is 12.0. The van der Waals surface area contributed by atoms with Crippen LogP contribution < -0.4 is 0 Å². The van der Waals surface area contributed by atoms with Crippen molar-refractivity contribution >= 4 is 17.1 Å². The van der Waals surface area contributed by atoms with Crippen molar-refractivity contribution in [1.29, 1.82) is 0 Å². The van der Waals surface area contributed by atoms with Gasteiger partial charge in [-0.2, -0.15) is 0 Å².